The zero-order valence-electron chi connectivity index (χ0n) is 22.8. The first-order valence-electron chi connectivity index (χ1n) is 14.3. The lowest BCUT2D eigenvalue weighted by Crippen LogP contribution is -2.55. The maximum Gasteiger partial charge on any atom is 0.251 e. The standard InChI is InChI=1S/C29H36FN5O4S/c1-33-11-13-34(14-12-33)29-31-22(17-40-29)18-7-9-20(10-8-18)27(37)32-24(19-5-3-2-4-6-19)28(38)35-15-21(30)26-25(35)23(36)16-39-26/h7-10,17,19,21,24-26H,2-6,11-16H2,1H3,(H,32,37)/t21-,24-,25+,26+/m0/s1. The van der Waals surface area contributed by atoms with Crippen molar-refractivity contribution >= 4 is 34.1 Å². The van der Waals surface area contributed by atoms with E-state index in [-0.39, 0.29) is 36.7 Å². The number of hydrogen-bond donors (Lipinski definition) is 1. The van der Waals surface area contributed by atoms with E-state index in [2.05, 4.69) is 22.2 Å². The van der Waals surface area contributed by atoms with Crippen LogP contribution >= 0.6 is 11.3 Å². The molecule has 0 unspecified atom stereocenters. The van der Waals surface area contributed by atoms with Crippen LogP contribution in [-0.4, -0.2) is 103 Å². The Balaban J connectivity index is 1.16. The van der Waals surface area contributed by atoms with Gasteiger partial charge in [-0.2, -0.15) is 0 Å². The van der Waals surface area contributed by atoms with Gasteiger partial charge in [0, 0.05) is 42.7 Å². The molecule has 1 aliphatic carbocycles. The van der Waals surface area contributed by atoms with Gasteiger partial charge in [0.25, 0.3) is 5.91 Å². The van der Waals surface area contributed by atoms with Crippen molar-refractivity contribution < 1.29 is 23.5 Å². The summed E-state index contributed by atoms with van der Waals surface area (Å²) in [5.74, 6) is -1.07. The average Bonchev–Trinajstić information content (AvgIpc) is 3.70. The van der Waals surface area contributed by atoms with E-state index in [0.717, 1.165) is 74.7 Å². The fraction of sp³-hybridized carbons (Fsp3) is 0.586. The van der Waals surface area contributed by atoms with Gasteiger partial charge in [0.1, 0.15) is 31.0 Å². The number of anilines is 1. The monoisotopic (exact) mass is 569 g/mol. The number of halogens is 1. The molecule has 0 radical (unpaired) electrons. The Labute approximate surface area is 237 Å². The van der Waals surface area contributed by atoms with Gasteiger partial charge >= 0.3 is 0 Å². The lowest BCUT2D eigenvalue weighted by Gasteiger charge is -2.34. The number of thiazole rings is 1. The number of rotatable bonds is 6. The first kappa shape index (κ1) is 27.3. The van der Waals surface area contributed by atoms with E-state index < -0.39 is 24.4 Å². The van der Waals surface area contributed by atoms with Crippen molar-refractivity contribution in [1.29, 1.82) is 0 Å². The third-order valence-corrected chi connectivity index (χ3v) is 9.69. The molecule has 4 heterocycles. The number of carbonyl (C=O) groups excluding carboxylic acids is 3. The summed E-state index contributed by atoms with van der Waals surface area (Å²) >= 11 is 1.62. The minimum Gasteiger partial charge on any atom is -0.365 e. The predicted molar refractivity (Wildman–Crippen MR) is 150 cm³/mol. The molecule has 1 aromatic carbocycles. The first-order valence-corrected chi connectivity index (χ1v) is 15.2. The summed E-state index contributed by atoms with van der Waals surface area (Å²) in [6.45, 7) is 3.57. The van der Waals surface area contributed by atoms with Crippen LogP contribution in [0.3, 0.4) is 0 Å². The van der Waals surface area contributed by atoms with Crippen LogP contribution in [0, 0.1) is 5.92 Å². The Morgan fingerprint density at radius 3 is 2.55 bits per heavy atom. The number of amides is 2. The van der Waals surface area contributed by atoms with Crippen LogP contribution in [0.5, 0.6) is 0 Å². The molecule has 3 saturated heterocycles. The summed E-state index contributed by atoms with van der Waals surface area (Å²) in [6.07, 6.45) is 2.34. The molecular formula is C29H36FN5O4S. The third-order valence-electron chi connectivity index (χ3n) is 8.79. The van der Waals surface area contributed by atoms with Crippen molar-refractivity contribution in [2.45, 2.75) is 56.5 Å². The van der Waals surface area contributed by atoms with Crippen molar-refractivity contribution in [3.8, 4) is 11.3 Å². The van der Waals surface area contributed by atoms with E-state index in [9.17, 15) is 18.8 Å². The van der Waals surface area contributed by atoms with Crippen LogP contribution in [0.2, 0.25) is 0 Å². The Morgan fingerprint density at radius 1 is 1.10 bits per heavy atom. The van der Waals surface area contributed by atoms with Gasteiger partial charge in [0.05, 0.1) is 12.2 Å². The number of alkyl halides is 1. The van der Waals surface area contributed by atoms with Gasteiger partial charge in [-0.15, -0.1) is 11.3 Å². The molecule has 2 amide bonds. The van der Waals surface area contributed by atoms with E-state index in [1.807, 2.05) is 17.5 Å². The quantitative estimate of drug-likeness (QED) is 0.572. The molecule has 6 rings (SSSR count). The summed E-state index contributed by atoms with van der Waals surface area (Å²) in [7, 11) is 2.13. The second kappa shape index (κ2) is 11.5. The summed E-state index contributed by atoms with van der Waals surface area (Å²) in [5, 5.41) is 6.01. The Hall–Kier alpha value is -2.89. The van der Waals surface area contributed by atoms with Crippen LogP contribution in [0.1, 0.15) is 42.5 Å². The number of likely N-dealkylation sites (tertiary alicyclic amines) is 1. The maximum absolute atomic E-state index is 14.6. The van der Waals surface area contributed by atoms with Crippen molar-refractivity contribution in [3.63, 3.8) is 0 Å². The minimum absolute atomic E-state index is 0.0537. The summed E-state index contributed by atoms with van der Waals surface area (Å²) < 4.78 is 20.0. The zero-order chi connectivity index (χ0) is 27.8. The number of carbonyl (C=O) groups is 3. The molecular weight excluding hydrogens is 533 g/mol. The zero-order valence-corrected chi connectivity index (χ0v) is 23.6. The van der Waals surface area contributed by atoms with Crippen LogP contribution in [0.25, 0.3) is 11.3 Å². The SMILES string of the molecule is CN1CCN(c2nc(-c3ccc(C(=O)N[C@H](C(=O)N4C[C@H](F)[C@H]5OCC(=O)[C@H]54)C4CCCCC4)cc3)cs2)CC1. The highest BCUT2D eigenvalue weighted by Crippen LogP contribution is 2.33. The highest BCUT2D eigenvalue weighted by Gasteiger charge is 2.54. The molecule has 214 valence electrons. The number of nitrogens with zero attached hydrogens (tertiary/aromatic N) is 4. The Bertz CT molecular complexity index is 1240. The van der Waals surface area contributed by atoms with Crippen molar-refractivity contribution in [3.05, 3.63) is 35.2 Å². The van der Waals surface area contributed by atoms with Gasteiger partial charge in [-0.05, 0) is 37.9 Å². The Morgan fingerprint density at radius 2 is 1.82 bits per heavy atom. The molecule has 40 heavy (non-hydrogen) atoms. The molecule has 11 heteroatoms. The van der Waals surface area contributed by atoms with E-state index in [4.69, 9.17) is 9.72 Å². The Kier molecular flexibility index (Phi) is 7.87. The number of hydrogen-bond acceptors (Lipinski definition) is 8. The number of nitrogens with one attached hydrogen (secondary N) is 1. The molecule has 0 spiro atoms. The van der Waals surface area contributed by atoms with Crippen LogP contribution in [0.4, 0.5) is 9.52 Å². The van der Waals surface area contributed by atoms with Gasteiger partial charge in [-0.1, -0.05) is 31.4 Å². The van der Waals surface area contributed by atoms with Gasteiger partial charge in [0.2, 0.25) is 5.91 Å². The number of piperazine rings is 1. The van der Waals surface area contributed by atoms with E-state index >= 15 is 0 Å². The normalized spacial score (nSPS) is 26.6. The number of aromatic nitrogens is 1. The lowest BCUT2D eigenvalue weighted by molar-refractivity contribution is -0.139. The molecule has 1 N–H and O–H groups in total. The molecule has 1 aromatic heterocycles. The number of fused-ring (bicyclic) bond motifs is 1. The van der Waals surface area contributed by atoms with E-state index in [1.165, 1.54) is 4.90 Å². The fourth-order valence-electron chi connectivity index (χ4n) is 6.41. The van der Waals surface area contributed by atoms with Gasteiger partial charge < -0.3 is 24.8 Å². The maximum atomic E-state index is 14.6. The number of likely N-dealkylation sites (N-methyl/N-ethyl adjacent to an activating group) is 1. The minimum atomic E-state index is -1.40. The largest absolute Gasteiger partial charge is 0.365 e. The molecule has 4 atom stereocenters. The number of benzene rings is 1. The molecule has 2 aromatic rings. The second-order valence-corrected chi connectivity index (χ2v) is 12.3. The fourth-order valence-corrected chi connectivity index (χ4v) is 7.30. The highest BCUT2D eigenvalue weighted by atomic mass is 32.1. The van der Waals surface area contributed by atoms with E-state index in [0.29, 0.717) is 5.56 Å². The summed E-state index contributed by atoms with van der Waals surface area (Å²) in [4.78, 5) is 50.3. The molecule has 3 aliphatic heterocycles. The molecule has 0 bridgehead atoms. The second-order valence-electron chi connectivity index (χ2n) is 11.4. The van der Waals surface area contributed by atoms with Gasteiger partial charge in [-0.25, -0.2) is 9.37 Å². The van der Waals surface area contributed by atoms with Crippen LogP contribution < -0.4 is 10.2 Å². The number of ether oxygens (including phenoxy) is 1. The number of ketones is 1. The van der Waals surface area contributed by atoms with Crippen molar-refractivity contribution in [1.82, 2.24) is 20.1 Å². The van der Waals surface area contributed by atoms with Crippen molar-refractivity contribution in [2.24, 2.45) is 5.92 Å². The number of Topliss-reactive ketones (excluding diaryl/α,β-unsaturated/α-hetero) is 1. The van der Waals surface area contributed by atoms with Gasteiger partial charge in [0.15, 0.2) is 10.9 Å². The molecule has 9 nitrogen and oxygen atoms in total. The highest BCUT2D eigenvalue weighted by molar-refractivity contribution is 7.14. The predicted octanol–water partition coefficient (Wildman–Crippen LogP) is 2.76. The summed E-state index contributed by atoms with van der Waals surface area (Å²) in [5.41, 5.74) is 2.23. The molecule has 4 fully saturated rings. The average molecular weight is 570 g/mol. The molecule has 4 aliphatic rings. The summed E-state index contributed by atoms with van der Waals surface area (Å²) in [6, 6.07) is 5.54. The van der Waals surface area contributed by atoms with Crippen LogP contribution in [-0.2, 0) is 14.3 Å². The van der Waals surface area contributed by atoms with Crippen LogP contribution in [0.15, 0.2) is 29.6 Å². The smallest absolute Gasteiger partial charge is 0.251 e. The molecule has 1 saturated carbocycles. The lowest BCUT2D eigenvalue weighted by atomic mass is 9.83. The third kappa shape index (κ3) is 5.38. The first-order chi connectivity index (χ1) is 19.4. The van der Waals surface area contributed by atoms with Crippen molar-refractivity contribution in [2.75, 3.05) is 51.3 Å². The topological polar surface area (TPSA) is 95.1 Å². The van der Waals surface area contributed by atoms with Gasteiger partial charge in [-0.3, -0.25) is 14.4 Å². The van der Waals surface area contributed by atoms with E-state index in [1.54, 1.807) is 23.5 Å².